The van der Waals surface area contributed by atoms with Gasteiger partial charge in [0.05, 0.1) is 0 Å². The van der Waals surface area contributed by atoms with Crippen molar-refractivity contribution in [2.24, 2.45) is 0 Å². The lowest BCUT2D eigenvalue weighted by Crippen LogP contribution is -2.46. The monoisotopic (exact) mass is 286 g/mol. The molecule has 0 saturated heterocycles. The van der Waals surface area contributed by atoms with Gasteiger partial charge in [-0.05, 0) is 25.8 Å². The molecule has 7 heteroatoms. The molecule has 0 bridgehead atoms. The Labute approximate surface area is 112 Å². The van der Waals surface area contributed by atoms with Crippen molar-refractivity contribution in [2.45, 2.75) is 49.5 Å². The Morgan fingerprint density at radius 3 is 2.53 bits per heavy atom. The average molecular weight is 286 g/mol. The maximum Gasteiger partial charge on any atom is 0.352 e. The third kappa shape index (κ3) is 3.16. The van der Waals surface area contributed by atoms with Crippen molar-refractivity contribution in [3.05, 3.63) is 18.0 Å². The fraction of sp³-hybridized carbons (Fsp3) is 0.583. The number of hydrogen-bond donors (Lipinski definition) is 3. The van der Waals surface area contributed by atoms with E-state index in [4.69, 9.17) is 5.11 Å². The van der Waals surface area contributed by atoms with Crippen molar-refractivity contribution in [3.63, 3.8) is 0 Å². The van der Waals surface area contributed by atoms with Crippen LogP contribution in [0.25, 0.3) is 0 Å². The number of hydrogen-bond acceptors (Lipinski definition) is 3. The van der Waals surface area contributed by atoms with Gasteiger partial charge in [0.2, 0.25) is 10.0 Å². The Balaban J connectivity index is 2.19. The zero-order chi connectivity index (χ0) is 14.1. The number of carboxylic acid groups (broad SMARTS) is 1. The maximum absolute atomic E-state index is 12.2. The summed E-state index contributed by atoms with van der Waals surface area (Å²) < 4.78 is 27.1. The Hall–Kier alpha value is -1.34. The van der Waals surface area contributed by atoms with Gasteiger partial charge >= 0.3 is 5.97 Å². The fourth-order valence-electron chi connectivity index (χ4n) is 2.47. The lowest BCUT2D eigenvalue weighted by atomic mass is 9.84. The van der Waals surface area contributed by atoms with Crippen LogP contribution in [0.5, 0.6) is 0 Å². The standard InChI is InChI=1S/C12H18N2O4S/c1-12(5-3-2-4-6-12)14-19(17,18)9-7-10(11(15)16)13-8-9/h7-8,13-14H,2-6H2,1H3,(H,15,16). The zero-order valence-electron chi connectivity index (χ0n) is 10.8. The van der Waals surface area contributed by atoms with E-state index in [1.54, 1.807) is 0 Å². The van der Waals surface area contributed by atoms with Gasteiger partial charge in [-0.25, -0.2) is 17.9 Å². The summed E-state index contributed by atoms with van der Waals surface area (Å²) in [6.45, 7) is 1.90. The highest BCUT2D eigenvalue weighted by Crippen LogP contribution is 2.29. The van der Waals surface area contributed by atoms with E-state index in [1.165, 1.54) is 6.20 Å². The van der Waals surface area contributed by atoms with Gasteiger partial charge in [-0.15, -0.1) is 0 Å². The highest BCUT2D eigenvalue weighted by Gasteiger charge is 2.32. The summed E-state index contributed by atoms with van der Waals surface area (Å²) in [5.41, 5.74) is -0.563. The van der Waals surface area contributed by atoms with Crippen LogP contribution in [0.15, 0.2) is 17.2 Å². The second-order valence-electron chi connectivity index (χ2n) is 5.28. The van der Waals surface area contributed by atoms with E-state index in [9.17, 15) is 13.2 Å². The summed E-state index contributed by atoms with van der Waals surface area (Å²) in [6.07, 6.45) is 5.96. The third-order valence-electron chi connectivity index (χ3n) is 3.54. The quantitative estimate of drug-likeness (QED) is 0.784. The molecule has 0 atom stereocenters. The summed E-state index contributed by atoms with van der Waals surface area (Å²) in [4.78, 5) is 13.2. The van der Waals surface area contributed by atoms with Crippen molar-refractivity contribution < 1.29 is 18.3 Å². The number of nitrogens with one attached hydrogen (secondary N) is 2. The maximum atomic E-state index is 12.2. The summed E-state index contributed by atoms with van der Waals surface area (Å²) in [5, 5.41) is 8.79. The second-order valence-corrected chi connectivity index (χ2v) is 6.96. The van der Waals surface area contributed by atoms with Crippen LogP contribution in [0, 0.1) is 0 Å². The topological polar surface area (TPSA) is 99.3 Å². The minimum atomic E-state index is -3.68. The normalized spacial score (nSPS) is 19.2. The van der Waals surface area contributed by atoms with E-state index in [-0.39, 0.29) is 10.6 Å². The molecular weight excluding hydrogens is 268 g/mol. The number of rotatable bonds is 4. The van der Waals surface area contributed by atoms with Crippen LogP contribution in [0.2, 0.25) is 0 Å². The molecule has 1 aromatic rings. The molecule has 106 valence electrons. The molecule has 2 rings (SSSR count). The molecule has 0 radical (unpaired) electrons. The predicted octanol–water partition coefficient (Wildman–Crippen LogP) is 1.71. The van der Waals surface area contributed by atoms with E-state index < -0.39 is 21.5 Å². The Bertz CT molecular complexity index is 570. The Kier molecular flexibility index (Phi) is 3.69. The molecule has 0 amide bonds. The largest absolute Gasteiger partial charge is 0.477 e. The SMILES string of the molecule is CC1(NS(=O)(=O)c2c[nH]c(C(=O)O)c2)CCCCC1. The molecule has 1 aliphatic carbocycles. The van der Waals surface area contributed by atoms with Gasteiger partial charge in [-0.2, -0.15) is 0 Å². The number of carboxylic acids is 1. The Morgan fingerprint density at radius 2 is 2.00 bits per heavy atom. The van der Waals surface area contributed by atoms with Crippen molar-refractivity contribution in [1.82, 2.24) is 9.71 Å². The van der Waals surface area contributed by atoms with Crippen LogP contribution in [0.4, 0.5) is 0 Å². The molecule has 0 spiro atoms. The second kappa shape index (κ2) is 4.97. The number of aromatic carboxylic acids is 1. The fourth-order valence-corrected chi connectivity index (χ4v) is 3.93. The number of sulfonamides is 1. The number of aromatic amines is 1. The molecule has 1 heterocycles. The first-order valence-corrected chi connectivity index (χ1v) is 7.76. The van der Waals surface area contributed by atoms with Crippen LogP contribution in [-0.4, -0.2) is 30.0 Å². The number of aromatic nitrogens is 1. The number of H-pyrrole nitrogens is 1. The van der Waals surface area contributed by atoms with Gasteiger partial charge in [0, 0.05) is 11.7 Å². The molecule has 0 unspecified atom stereocenters. The summed E-state index contributed by atoms with van der Waals surface area (Å²) >= 11 is 0. The van der Waals surface area contributed by atoms with Crippen LogP contribution in [-0.2, 0) is 10.0 Å². The van der Waals surface area contributed by atoms with Crippen molar-refractivity contribution in [3.8, 4) is 0 Å². The summed E-state index contributed by atoms with van der Waals surface area (Å²) in [7, 11) is -3.68. The highest BCUT2D eigenvalue weighted by atomic mass is 32.2. The molecule has 1 saturated carbocycles. The molecule has 0 aliphatic heterocycles. The third-order valence-corrected chi connectivity index (χ3v) is 5.15. The lowest BCUT2D eigenvalue weighted by Gasteiger charge is -2.33. The molecular formula is C12H18N2O4S. The van der Waals surface area contributed by atoms with Crippen LogP contribution >= 0.6 is 0 Å². The smallest absolute Gasteiger partial charge is 0.352 e. The van der Waals surface area contributed by atoms with Crippen molar-refractivity contribution in [2.75, 3.05) is 0 Å². The average Bonchev–Trinajstić information content (AvgIpc) is 2.78. The molecule has 6 nitrogen and oxygen atoms in total. The Morgan fingerprint density at radius 1 is 1.37 bits per heavy atom. The molecule has 19 heavy (non-hydrogen) atoms. The van der Waals surface area contributed by atoms with E-state index >= 15 is 0 Å². The van der Waals surface area contributed by atoms with E-state index in [1.807, 2.05) is 6.92 Å². The molecule has 1 aliphatic rings. The van der Waals surface area contributed by atoms with E-state index in [2.05, 4.69) is 9.71 Å². The summed E-state index contributed by atoms with van der Waals surface area (Å²) in [5.74, 6) is -1.18. The first-order valence-electron chi connectivity index (χ1n) is 6.28. The molecule has 0 aromatic carbocycles. The minimum absolute atomic E-state index is 0.0308. The van der Waals surface area contributed by atoms with Gasteiger partial charge < -0.3 is 10.1 Å². The van der Waals surface area contributed by atoms with Gasteiger partial charge in [-0.3, -0.25) is 0 Å². The first kappa shape index (κ1) is 14.1. The van der Waals surface area contributed by atoms with Gasteiger partial charge in [0.1, 0.15) is 10.6 Å². The van der Waals surface area contributed by atoms with Gasteiger partial charge in [-0.1, -0.05) is 19.3 Å². The van der Waals surface area contributed by atoms with Gasteiger partial charge in [0.25, 0.3) is 0 Å². The van der Waals surface area contributed by atoms with Crippen molar-refractivity contribution in [1.29, 1.82) is 0 Å². The van der Waals surface area contributed by atoms with E-state index in [0.717, 1.165) is 38.2 Å². The van der Waals surface area contributed by atoms with Crippen LogP contribution < -0.4 is 4.72 Å². The minimum Gasteiger partial charge on any atom is -0.477 e. The zero-order valence-corrected chi connectivity index (χ0v) is 11.6. The first-order chi connectivity index (χ1) is 8.82. The number of carbonyl (C=O) groups is 1. The van der Waals surface area contributed by atoms with Crippen LogP contribution in [0.3, 0.4) is 0 Å². The predicted molar refractivity (Wildman–Crippen MR) is 69.6 cm³/mol. The van der Waals surface area contributed by atoms with E-state index in [0.29, 0.717) is 0 Å². The lowest BCUT2D eigenvalue weighted by molar-refractivity contribution is 0.0691. The summed E-state index contributed by atoms with van der Waals surface area (Å²) in [6, 6.07) is 1.14. The highest BCUT2D eigenvalue weighted by molar-refractivity contribution is 7.89. The molecule has 1 fully saturated rings. The van der Waals surface area contributed by atoms with Crippen LogP contribution in [0.1, 0.15) is 49.5 Å². The molecule has 1 aromatic heterocycles. The molecule has 3 N–H and O–H groups in total. The van der Waals surface area contributed by atoms with Gasteiger partial charge in [0.15, 0.2) is 0 Å². The van der Waals surface area contributed by atoms with Crippen molar-refractivity contribution >= 4 is 16.0 Å².